The predicted molar refractivity (Wildman–Crippen MR) is 101 cm³/mol. The van der Waals surface area contributed by atoms with Crippen molar-refractivity contribution in [3.8, 4) is 0 Å². The zero-order valence-corrected chi connectivity index (χ0v) is 15.8. The summed E-state index contributed by atoms with van der Waals surface area (Å²) in [4.78, 5) is 9.14. The molecule has 0 amide bonds. The number of nitrogens with one attached hydrogen (secondary N) is 1. The lowest BCUT2D eigenvalue weighted by Crippen LogP contribution is -2.47. The molecule has 0 aliphatic carbocycles. The molecule has 0 bridgehead atoms. The average Bonchev–Trinajstić information content (AvgIpc) is 2.95. The summed E-state index contributed by atoms with van der Waals surface area (Å²) in [7, 11) is 0. The molecule has 3 aromatic rings. The Bertz CT molecular complexity index is 979. The van der Waals surface area contributed by atoms with Crippen LogP contribution in [0.25, 0.3) is 11.0 Å². The molecular weight excluding hydrogens is 394 g/mol. The van der Waals surface area contributed by atoms with Crippen molar-refractivity contribution in [2.45, 2.75) is 28.8 Å². The number of hydrogen-bond acceptors (Lipinski definition) is 6. The van der Waals surface area contributed by atoms with Gasteiger partial charge in [-0.3, -0.25) is 0 Å². The van der Waals surface area contributed by atoms with E-state index in [1.165, 1.54) is 22.8 Å². The molecule has 1 aliphatic heterocycles. The molecule has 1 aliphatic rings. The zero-order valence-electron chi connectivity index (χ0n) is 14.2. The van der Waals surface area contributed by atoms with Gasteiger partial charge in [0.05, 0.1) is 18.5 Å². The molecule has 1 saturated heterocycles. The van der Waals surface area contributed by atoms with Gasteiger partial charge in [0.1, 0.15) is 17.2 Å². The monoisotopic (exact) mass is 410 g/mol. The number of hydrogen-bond donors (Lipinski definition) is 2. The number of rotatable bonds is 4. The Morgan fingerprint density at radius 3 is 3.00 bits per heavy atom. The fraction of sp³-hybridized carbons (Fsp3) is 0.353. The summed E-state index contributed by atoms with van der Waals surface area (Å²) in [5, 5.41) is 9.01. The van der Waals surface area contributed by atoms with Crippen molar-refractivity contribution >= 4 is 40.2 Å². The van der Waals surface area contributed by atoms with E-state index in [0.717, 1.165) is 4.90 Å². The average molecular weight is 411 g/mol. The number of piperidine rings is 1. The minimum atomic E-state index is -2.80. The van der Waals surface area contributed by atoms with E-state index >= 15 is 0 Å². The van der Waals surface area contributed by atoms with Crippen molar-refractivity contribution in [2.24, 2.45) is 5.92 Å². The largest absolute Gasteiger partial charge is 0.383 e. The highest BCUT2D eigenvalue weighted by molar-refractivity contribution is 7.99. The topological polar surface area (TPSA) is 81.7 Å². The molecule has 1 aromatic carbocycles. The number of aromatic nitrogens is 4. The first-order valence-electron chi connectivity index (χ1n) is 8.43. The van der Waals surface area contributed by atoms with Crippen molar-refractivity contribution in [2.75, 3.05) is 18.8 Å². The van der Waals surface area contributed by atoms with Gasteiger partial charge in [-0.15, -0.1) is 0 Å². The third kappa shape index (κ3) is 3.71. The van der Waals surface area contributed by atoms with Crippen LogP contribution in [0.2, 0.25) is 5.02 Å². The Labute approximate surface area is 163 Å². The molecular formula is C17H17ClF2N6S. The van der Waals surface area contributed by atoms with E-state index in [4.69, 9.17) is 17.3 Å². The van der Waals surface area contributed by atoms with Gasteiger partial charge in [-0.2, -0.15) is 5.10 Å². The first-order valence-corrected chi connectivity index (χ1v) is 9.62. The maximum atomic E-state index is 14.3. The Morgan fingerprint density at radius 2 is 2.22 bits per heavy atom. The predicted octanol–water partition coefficient (Wildman–Crippen LogP) is 3.46. The van der Waals surface area contributed by atoms with Gasteiger partial charge >= 0.3 is 0 Å². The van der Waals surface area contributed by atoms with E-state index < -0.39 is 11.8 Å². The molecule has 0 spiro atoms. The van der Waals surface area contributed by atoms with Crippen molar-refractivity contribution < 1.29 is 8.78 Å². The van der Waals surface area contributed by atoms with Gasteiger partial charge < -0.3 is 11.1 Å². The van der Waals surface area contributed by atoms with Gasteiger partial charge in [-0.1, -0.05) is 29.4 Å². The third-order valence-corrected chi connectivity index (χ3v) is 5.76. The number of fused-ring (bicyclic) bond motifs is 1. The molecule has 3 heterocycles. The Kier molecular flexibility index (Phi) is 4.92. The second kappa shape index (κ2) is 7.21. The Balaban J connectivity index is 1.72. The maximum Gasteiger partial charge on any atom is 0.264 e. The summed E-state index contributed by atoms with van der Waals surface area (Å²) in [6.07, 6.45) is 1.69. The standard InChI is InChI=1S/C17H17ClF2N6S/c18-11-2-1-3-12(6-11)27-16-13-14(21)23-9-24-15(13)26(25-16)7-10-4-5-22-8-17(10,19)20/h1-3,6,9-10,22H,4-5,7-8H2,(H2,21,23,24). The number of halogens is 3. The van der Waals surface area contributed by atoms with E-state index in [2.05, 4.69) is 20.4 Å². The third-order valence-electron chi connectivity index (χ3n) is 4.56. The molecule has 1 fully saturated rings. The fourth-order valence-corrected chi connectivity index (χ4v) is 4.41. The number of anilines is 1. The van der Waals surface area contributed by atoms with Gasteiger partial charge in [0, 0.05) is 15.8 Å². The summed E-state index contributed by atoms with van der Waals surface area (Å²) < 4.78 is 30.0. The molecule has 1 atom stereocenters. The van der Waals surface area contributed by atoms with E-state index in [0.29, 0.717) is 34.0 Å². The minimum absolute atomic E-state index is 0.0672. The van der Waals surface area contributed by atoms with Crippen molar-refractivity contribution in [3.63, 3.8) is 0 Å². The van der Waals surface area contributed by atoms with Crippen LogP contribution in [-0.2, 0) is 6.54 Å². The van der Waals surface area contributed by atoms with E-state index in [-0.39, 0.29) is 18.9 Å². The van der Waals surface area contributed by atoms with Gasteiger partial charge in [0.25, 0.3) is 5.92 Å². The van der Waals surface area contributed by atoms with E-state index in [1.54, 1.807) is 12.1 Å². The minimum Gasteiger partial charge on any atom is -0.383 e. The molecule has 3 N–H and O–H groups in total. The second-order valence-electron chi connectivity index (χ2n) is 6.43. The van der Waals surface area contributed by atoms with Crippen LogP contribution in [0.15, 0.2) is 40.5 Å². The number of alkyl halides is 2. The highest BCUT2D eigenvalue weighted by Gasteiger charge is 2.42. The van der Waals surface area contributed by atoms with Crippen LogP contribution in [0.3, 0.4) is 0 Å². The molecule has 4 rings (SSSR count). The molecule has 2 aromatic heterocycles. The summed E-state index contributed by atoms with van der Waals surface area (Å²) in [6.45, 7) is 0.302. The Hall–Kier alpha value is -1.97. The van der Waals surface area contributed by atoms with Crippen LogP contribution in [0, 0.1) is 5.92 Å². The molecule has 142 valence electrons. The first-order chi connectivity index (χ1) is 12.9. The van der Waals surface area contributed by atoms with Crippen LogP contribution in [0.1, 0.15) is 6.42 Å². The first kappa shape index (κ1) is 18.4. The van der Waals surface area contributed by atoms with Gasteiger partial charge in [0.15, 0.2) is 5.65 Å². The zero-order chi connectivity index (χ0) is 19.0. The summed E-state index contributed by atoms with van der Waals surface area (Å²) in [6, 6.07) is 7.30. The molecule has 0 radical (unpaired) electrons. The number of nitrogen functional groups attached to an aromatic ring is 1. The molecule has 27 heavy (non-hydrogen) atoms. The van der Waals surface area contributed by atoms with Crippen molar-refractivity contribution in [1.29, 1.82) is 0 Å². The van der Waals surface area contributed by atoms with E-state index in [9.17, 15) is 8.78 Å². The normalized spacial score (nSPS) is 19.4. The number of nitrogens with zero attached hydrogens (tertiary/aromatic N) is 4. The van der Waals surface area contributed by atoms with Gasteiger partial charge in [-0.25, -0.2) is 23.4 Å². The highest BCUT2D eigenvalue weighted by atomic mass is 35.5. The lowest BCUT2D eigenvalue weighted by molar-refractivity contribution is -0.0795. The number of benzene rings is 1. The lowest BCUT2D eigenvalue weighted by Gasteiger charge is -2.31. The summed E-state index contributed by atoms with van der Waals surface area (Å²) >= 11 is 7.40. The quantitative estimate of drug-likeness (QED) is 0.685. The van der Waals surface area contributed by atoms with Crippen LogP contribution < -0.4 is 11.1 Å². The summed E-state index contributed by atoms with van der Waals surface area (Å²) in [5.74, 6) is -3.34. The van der Waals surface area contributed by atoms with Crippen LogP contribution in [0.5, 0.6) is 0 Å². The summed E-state index contributed by atoms with van der Waals surface area (Å²) in [5.41, 5.74) is 6.50. The molecule has 0 saturated carbocycles. The van der Waals surface area contributed by atoms with Crippen LogP contribution >= 0.6 is 23.4 Å². The Morgan fingerprint density at radius 1 is 1.37 bits per heavy atom. The highest BCUT2D eigenvalue weighted by Crippen LogP contribution is 2.37. The molecule has 10 heteroatoms. The van der Waals surface area contributed by atoms with E-state index in [1.807, 2.05) is 12.1 Å². The number of nitrogens with two attached hydrogens (primary N) is 1. The van der Waals surface area contributed by atoms with Crippen molar-refractivity contribution in [3.05, 3.63) is 35.6 Å². The molecule has 6 nitrogen and oxygen atoms in total. The smallest absolute Gasteiger partial charge is 0.264 e. The van der Waals surface area contributed by atoms with Crippen molar-refractivity contribution in [1.82, 2.24) is 25.1 Å². The lowest BCUT2D eigenvalue weighted by atomic mass is 9.94. The van der Waals surface area contributed by atoms with Crippen LogP contribution in [0.4, 0.5) is 14.6 Å². The van der Waals surface area contributed by atoms with Crippen LogP contribution in [-0.4, -0.2) is 38.8 Å². The van der Waals surface area contributed by atoms with Gasteiger partial charge in [-0.05, 0) is 31.2 Å². The SMILES string of the molecule is Nc1ncnc2c1c(Sc1cccc(Cl)c1)nn2CC1CCNCC1(F)F. The fourth-order valence-electron chi connectivity index (χ4n) is 3.16. The second-order valence-corrected chi connectivity index (χ2v) is 7.93. The molecule has 1 unspecified atom stereocenters. The van der Waals surface area contributed by atoms with Gasteiger partial charge in [0.2, 0.25) is 0 Å². The maximum absolute atomic E-state index is 14.3.